The molecule has 78 valence electrons. The Hall–Kier alpha value is -2.11. The van der Waals surface area contributed by atoms with E-state index < -0.39 is 5.97 Å². The van der Waals surface area contributed by atoms with Gasteiger partial charge < -0.3 is 9.52 Å². The molecule has 0 saturated heterocycles. The maximum absolute atomic E-state index is 10.8. The first-order chi connectivity index (χ1) is 7.20. The van der Waals surface area contributed by atoms with Gasteiger partial charge in [-0.15, -0.1) is 5.10 Å². The summed E-state index contributed by atoms with van der Waals surface area (Å²) in [6.07, 6.45) is 1.53. The Bertz CT molecular complexity index is 461. The number of hydrogen-bond acceptors (Lipinski definition) is 4. The van der Waals surface area contributed by atoms with E-state index in [1.807, 2.05) is 6.92 Å². The number of hydrogen-bond donors (Lipinski definition) is 2. The van der Waals surface area contributed by atoms with Crippen LogP contribution in [0.4, 0.5) is 0 Å². The van der Waals surface area contributed by atoms with Crippen molar-refractivity contribution in [2.75, 3.05) is 0 Å². The van der Waals surface area contributed by atoms with E-state index in [1.165, 1.54) is 6.26 Å². The molecule has 0 aromatic carbocycles. The summed E-state index contributed by atoms with van der Waals surface area (Å²) in [5.41, 5.74) is 0.302. The van der Waals surface area contributed by atoms with E-state index in [9.17, 15) is 4.79 Å². The first-order valence-corrected chi connectivity index (χ1v) is 4.37. The molecule has 2 aromatic rings. The Kier molecular flexibility index (Phi) is 2.24. The molecule has 0 saturated carbocycles. The second-order valence-electron chi connectivity index (χ2n) is 3.10. The molecule has 1 atom stereocenters. The van der Waals surface area contributed by atoms with E-state index in [2.05, 4.69) is 15.4 Å². The molecule has 15 heavy (non-hydrogen) atoms. The highest BCUT2D eigenvalue weighted by Crippen LogP contribution is 2.24. The molecule has 0 amide bonds. The van der Waals surface area contributed by atoms with Gasteiger partial charge in [0.05, 0.1) is 12.2 Å². The zero-order valence-corrected chi connectivity index (χ0v) is 7.97. The monoisotopic (exact) mass is 207 g/mol. The fourth-order valence-corrected chi connectivity index (χ4v) is 1.37. The van der Waals surface area contributed by atoms with Crippen LogP contribution in [0.5, 0.6) is 0 Å². The molecule has 6 nitrogen and oxygen atoms in total. The molecule has 2 rings (SSSR count). The lowest BCUT2D eigenvalue weighted by molar-refractivity contribution is 0.0689. The first kappa shape index (κ1) is 9.45. The maximum atomic E-state index is 10.8. The lowest BCUT2D eigenvalue weighted by Crippen LogP contribution is -2.05. The van der Waals surface area contributed by atoms with Gasteiger partial charge in [-0.2, -0.15) is 10.3 Å². The summed E-state index contributed by atoms with van der Waals surface area (Å²) in [6, 6.07) is 3.51. The SMILES string of the molecule is CC(c1ccco1)c1n[nH]nc1C(=O)O. The molecule has 0 bridgehead atoms. The van der Waals surface area contributed by atoms with Crippen LogP contribution in [-0.2, 0) is 0 Å². The van der Waals surface area contributed by atoms with Gasteiger partial charge in [0.15, 0.2) is 5.69 Å². The third-order valence-corrected chi connectivity index (χ3v) is 2.16. The van der Waals surface area contributed by atoms with Crippen molar-refractivity contribution >= 4 is 5.97 Å². The third-order valence-electron chi connectivity index (χ3n) is 2.16. The summed E-state index contributed by atoms with van der Waals surface area (Å²) in [5.74, 6) is -0.673. The molecule has 2 N–H and O–H groups in total. The van der Waals surface area contributed by atoms with E-state index in [0.717, 1.165) is 0 Å². The number of carboxylic acid groups (broad SMARTS) is 1. The van der Waals surface area contributed by atoms with Gasteiger partial charge in [0, 0.05) is 0 Å². The average molecular weight is 207 g/mol. The number of aromatic carboxylic acids is 1. The van der Waals surface area contributed by atoms with Crippen LogP contribution >= 0.6 is 0 Å². The fourth-order valence-electron chi connectivity index (χ4n) is 1.37. The van der Waals surface area contributed by atoms with Gasteiger partial charge in [-0.05, 0) is 19.1 Å². The number of furan rings is 1. The second-order valence-corrected chi connectivity index (χ2v) is 3.10. The van der Waals surface area contributed by atoms with Crippen LogP contribution in [0.3, 0.4) is 0 Å². The second kappa shape index (κ2) is 3.56. The molecular formula is C9H9N3O3. The molecule has 0 spiro atoms. The Labute approximate surface area is 84.9 Å². The maximum Gasteiger partial charge on any atom is 0.358 e. The van der Waals surface area contributed by atoms with Crippen LogP contribution in [0.1, 0.15) is 34.8 Å². The predicted molar refractivity (Wildman–Crippen MR) is 49.6 cm³/mol. The molecule has 0 radical (unpaired) electrons. The van der Waals surface area contributed by atoms with Crippen LogP contribution in [0, 0.1) is 0 Å². The van der Waals surface area contributed by atoms with Gasteiger partial charge in [0.2, 0.25) is 0 Å². The number of carboxylic acids is 1. The highest BCUT2D eigenvalue weighted by Gasteiger charge is 2.23. The van der Waals surface area contributed by atoms with Crippen LogP contribution < -0.4 is 0 Å². The minimum absolute atomic E-state index is 0.0705. The van der Waals surface area contributed by atoms with Gasteiger partial charge in [-0.1, -0.05) is 0 Å². The van der Waals surface area contributed by atoms with Gasteiger partial charge in [0.1, 0.15) is 11.5 Å². The number of nitrogens with zero attached hydrogens (tertiary/aromatic N) is 2. The number of nitrogens with one attached hydrogen (secondary N) is 1. The van der Waals surface area contributed by atoms with Crippen molar-refractivity contribution in [1.29, 1.82) is 0 Å². The minimum Gasteiger partial charge on any atom is -0.476 e. The Morgan fingerprint density at radius 1 is 1.60 bits per heavy atom. The summed E-state index contributed by atoms with van der Waals surface area (Å²) in [7, 11) is 0. The van der Waals surface area contributed by atoms with Gasteiger partial charge in [0.25, 0.3) is 0 Å². The summed E-state index contributed by atoms with van der Waals surface area (Å²) in [5, 5.41) is 18.5. The molecular weight excluding hydrogens is 198 g/mol. The molecule has 1 unspecified atom stereocenters. The van der Waals surface area contributed by atoms with Gasteiger partial charge in [-0.3, -0.25) is 0 Å². The first-order valence-electron chi connectivity index (χ1n) is 4.37. The van der Waals surface area contributed by atoms with Crippen molar-refractivity contribution in [3.63, 3.8) is 0 Å². The largest absolute Gasteiger partial charge is 0.476 e. The fraction of sp³-hybridized carbons (Fsp3) is 0.222. The quantitative estimate of drug-likeness (QED) is 0.790. The van der Waals surface area contributed by atoms with Crippen molar-refractivity contribution in [2.45, 2.75) is 12.8 Å². The third kappa shape index (κ3) is 1.61. The standard InChI is InChI=1S/C9H9N3O3/c1-5(6-3-2-4-15-6)7-8(9(13)14)11-12-10-7/h2-5H,1H3,(H,13,14)(H,10,11,12). The zero-order chi connectivity index (χ0) is 10.8. The highest BCUT2D eigenvalue weighted by atomic mass is 16.4. The molecule has 6 heteroatoms. The number of aromatic nitrogens is 3. The summed E-state index contributed by atoms with van der Waals surface area (Å²) < 4.78 is 5.18. The number of carbonyl (C=O) groups is 1. The topological polar surface area (TPSA) is 92.0 Å². The molecule has 0 aliphatic rings. The summed E-state index contributed by atoms with van der Waals surface area (Å²) in [4.78, 5) is 10.8. The molecule has 2 heterocycles. The van der Waals surface area contributed by atoms with Crippen molar-refractivity contribution < 1.29 is 14.3 Å². The van der Waals surface area contributed by atoms with Crippen molar-refractivity contribution in [2.24, 2.45) is 0 Å². The van der Waals surface area contributed by atoms with E-state index in [-0.39, 0.29) is 11.6 Å². The summed E-state index contributed by atoms with van der Waals surface area (Å²) in [6.45, 7) is 1.81. The Morgan fingerprint density at radius 3 is 3.00 bits per heavy atom. The van der Waals surface area contributed by atoms with Crippen LogP contribution in [-0.4, -0.2) is 26.5 Å². The van der Waals surface area contributed by atoms with Crippen LogP contribution in [0.25, 0.3) is 0 Å². The van der Waals surface area contributed by atoms with E-state index >= 15 is 0 Å². The molecule has 2 aromatic heterocycles. The molecule has 0 aliphatic carbocycles. The average Bonchev–Trinajstić information content (AvgIpc) is 2.88. The normalized spacial score (nSPS) is 12.6. The van der Waals surface area contributed by atoms with E-state index in [4.69, 9.17) is 9.52 Å². The number of H-pyrrole nitrogens is 1. The van der Waals surface area contributed by atoms with E-state index in [1.54, 1.807) is 12.1 Å². The van der Waals surface area contributed by atoms with Gasteiger partial charge >= 0.3 is 5.97 Å². The lowest BCUT2D eigenvalue weighted by Gasteiger charge is -2.04. The lowest BCUT2D eigenvalue weighted by atomic mass is 10.0. The molecule has 0 aliphatic heterocycles. The zero-order valence-electron chi connectivity index (χ0n) is 7.97. The van der Waals surface area contributed by atoms with Crippen molar-refractivity contribution in [1.82, 2.24) is 15.4 Å². The van der Waals surface area contributed by atoms with Crippen molar-refractivity contribution in [3.8, 4) is 0 Å². The van der Waals surface area contributed by atoms with Crippen LogP contribution in [0.15, 0.2) is 22.8 Å². The number of rotatable bonds is 3. The Balaban J connectivity index is 2.37. The Morgan fingerprint density at radius 2 is 2.40 bits per heavy atom. The predicted octanol–water partition coefficient (Wildman–Crippen LogP) is 1.25. The minimum atomic E-state index is -1.10. The number of aromatic amines is 1. The summed E-state index contributed by atoms with van der Waals surface area (Å²) >= 11 is 0. The highest BCUT2D eigenvalue weighted by molar-refractivity contribution is 5.86. The van der Waals surface area contributed by atoms with E-state index in [0.29, 0.717) is 11.5 Å². The van der Waals surface area contributed by atoms with Crippen LogP contribution in [0.2, 0.25) is 0 Å². The smallest absolute Gasteiger partial charge is 0.358 e. The van der Waals surface area contributed by atoms with Gasteiger partial charge in [-0.25, -0.2) is 4.79 Å². The van der Waals surface area contributed by atoms with Crippen molar-refractivity contribution in [3.05, 3.63) is 35.5 Å². The molecule has 0 fully saturated rings.